The van der Waals surface area contributed by atoms with Crippen molar-refractivity contribution in [2.45, 2.75) is 6.42 Å². The molecule has 0 bridgehead atoms. The highest BCUT2D eigenvalue weighted by Crippen LogP contribution is 2.36. The number of aromatic carboxylic acids is 1. The summed E-state index contributed by atoms with van der Waals surface area (Å²) in [5.41, 5.74) is 5.23. The van der Waals surface area contributed by atoms with Gasteiger partial charge in [0, 0.05) is 23.6 Å². The zero-order valence-corrected chi connectivity index (χ0v) is 13.6. The highest BCUT2D eigenvalue weighted by molar-refractivity contribution is 5.96. The maximum atomic E-state index is 11.6. The van der Waals surface area contributed by atoms with Gasteiger partial charge in [0.05, 0.1) is 11.3 Å². The van der Waals surface area contributed by atoms with E-state index in [0.717, 1.165) is 24.3 Å². The molecular formula is C21H18N2O2. The van der Waals surface area contributed by atoms with Gasteiger partial charge in [-0.2, -0.15) is 0 Å². The van der Waals surface area contributed by atoms with Crippen LogP contribution in [0.3, 0.4) is 0 Å². The van der Waals surface area contributed by atoms with Crippen LogP contribution in [-0.4, -0.2) is 17.6 Å². The molecule has 0 fully saturated rings. The first-order chi connectivity index (χ1) is 12.2. The molecule has 4 rings (SSSR count). The molecule has 0 spiro atoms. The molecule has 3 aromatic rings. The van der Waals surface area contributed by atoms with Gasteiger partial charge < -0.3 is 15.3 Å². The third-order valence-electron chi connectivity index (χ3n) is 4.49. The Kier molecular flexibility index (Phi) is 3.86. The van der Waals surface area contributed by atoms with Crippen molar-refractivity contribution >= 4 is 28.7 Å². The summed E-state index contributed by atoms with van der Waals surface area (Å²) in [5.74, 6) is -0.938. The number of nitrogens with one attached hydrogen (secondary N) is 1. The van der Waals surface area contributed by atoms with Crippen molar-refractivity contribution in [3.63, 3.8) is 0 Å². The van der Waals surface area contributed by atoms with Crippen LogP contribution in [0.5, 0.6) is 0 Å². The van der Waals surface area contributed by atoms with Crippen molar-refractivity contribution < 1.29 is 9.90 Å². The van der Waals surface area contributed by atoms with Crippen LogP contribution < -0.4 is 10.2 Å². The number of rotatable bonds is 4. The number of fused-ring (bicyclic) bond motifs is 1. The molecule has 0 aromatic heterocycles. The van der Waals surface area contributed by atoms with Crippen molar-refractivity contribution in [2.24, 2.45) is 0 Å². The number of hydrogen-bond acceptors (Lipinski definition) is 3. The summed E-state index contributed by atoms with van der Waals surface area (Å²) in [6, 6.07) is 23.4. The smallest absolute Gasteiger partial charge is 0.337 e. The summed E-state index contributed by atoms with van der Waals surface area (Å²) in [5, 5.41) is 12.7. The summed E-state index contributed by atoms with van der Waals surface area (Å²) >= 11 is 0. The van der Waals surface area contributed by atoms with E-state index < -0.39 is 5.97 Å². The van der Waals surface area contributed by atoms with Gasteiger partial charge in [0.1, 0.15) is 0 Å². The summed E-state index contributed by atoms with van der Waals surface area (Å²) in [6.45, 7) is 0.899. The standard InChI is InChI=1S/C21H18N2O2/c24-21(25)18-11-10-17(14-19(18)22-16-7-2-1-3-8-16)23-13-12-15-6-4-5-9-20(15)23/h1-11,14,22H,12-13H2,(H,24,25). The summed E-state index contributed by atoms with van der Waals surface area (Å²) < 4.78 is 0. The minimum atomic E-state index is -0.938. The van der Waals surface area contributed by atoms with Crippen LogP contribution in [0.4, 0.5) is 22.7 Å². The molecule has 0 saturated heterocycles. The fraction of sp³-hybridized carbons (Fsp3) is 0.0952. The number of benzene rings is 3. The molecule has 3 aromatic carbocycles. The maximum absolute atomic E-state index is 11.6. The van der Waals surface area contributed by atoms with Gasteiger partial charge in [-0.1, -0.05) is 36.4 Å². The van der Waals surface area contributed by atoms with Gasteiger partial charge in [0.25, 0.3) is 0 Å². The normalized spacial score (nSPS) is 12.7. The van der Waals surface area contributed by atoms with Crippen LogP contribution in [0, 0.1) is 0 Å². The Bertz CT molecular complexity index is 922. The van der Waals surface area contributed by atoms with E-state index in [1.165, 1.54) is 11.3 Å². The molecule has 1 heterocycles. The second-order valence-corrected chi connectivity index (χ2v) is 6.06. The minimum Gasteiger partial charge on any atom is -0.478 e. The molecule has 1 aliphatic heterocycles. The average Bonchev–Trinajstić information content (AvgIpc) is 3.06. The Morgan fingerprint density at radius 1 is 0.960 bits per heavy atom. The van der Waals surface area contributed by atoms with Crippen molar-refractivity contribution in [2.75, 3.05) is 16.8 Å². The van der Waals surface area contributed by atoms with Crippen molar-refractivity contribution in [1.29, 1.82) is 0 Å². The highest BCUT2D eigenvalue weighted by Gasteiger charge is 2.21. The largest absolute Gasteiger partial charge is 0.478 e. The Morgan fingerprint density at radius 2 is 1.72 bits per heavy atom. The zero-order chi connectivity index (χ0) is 17.2. The molecule has 2 N–H and O–H groups in total. The predicted molar refractivity (Wildman–Crippen MR) is 100 cm³/mol. The fourth-order valence-electron chi connectivity index (χ4n) is 3.27. The Balaban J connectivity index is 1.73. The molecular weight excluding hydrogens is 312 g/mol. The van der Waals surface area contributed by atoms with E-state index in [1.54, 1.807) is 6.07 Å². The molecule has 0 radical (unpaired) electrons. The number of nitrogens with zero attached hydrogens (tertiary/aromatic N) is 1. The molecule has 0 amide bonds. The van der Waals surface area contributed by atoms with E-state index in [9.17, 15) is 9.90 Å². The van der Waals surface area contributed by atoms with Crippen LogP contribution in [0.25, 0.3) is 0 Å². The zero-order valence-electron chi connectivity index (χ0n) is 13.6. The molecule has 25 heavy (non-hydrogen) atoms. The Hall–Kier alpha value is -3.27. The lowest BCUT2D eigenvalue weighted by molar-refractivity contribution is 0.0698. The van der Waals surface area contributed by atoms with Crippen LogP contribution in [0.2, 0.25) is 0 Å². The third kappa shape index (κ3) is 2.94. The predicted octanol–water partition coefficient (Wildman–Crippen LogP) is 4.82. The van der Waals surface area contributed by atoms with Crippen LogP contribution >= 0.6 is 0 Å². The second-order valence-electron chi connectivity index (χ2n) is 6.06. The maximum Gasteiger partial charge on any atom is 0.337 e. The van der Waals surface area contributed by atoms with Gasteiger partial charge >= 0.3 is 5.97 Å². The first kappa shape index (κ1) is 15.3. The first-order valence-electron chi connectivity index (χ1n) is 8.27. The van der Waals surface area contributed by atoms with Gasteiger partial charge in [-0.15, -0.1) is 0 Å². The van der Waals surface area contributed by atoms with Crippen LogP contribution in [0.15, 0.2) is 72.8 Å². The van der Waals surface area contributed by atoms with E-state index in [1.807, 2.05) is 48.5 Å². The minimum absolute atomic E-state index is 0.264. The van der Waals surface area contributed by atoms with E-state index in [4.69, 9.17) is 0 Å². The third-order valence-corrected chi connectivity index (χ3v) is 4.49. The van der Waals surface area contributed by atoms with Crippen LogP contribution in [-0.2, 0) is 6.42 Å². The lowest BCUT2D eigenvalue weighted by atomic mass is 10.1. The lowest BCUT2D eigenvalue weighted by Crippen LogP contribution is -2.14. The van der Waals surface area contributed by atoms with Gasteiger partial charge in [0.15, 0.2) is 0 Å². The van der Waals surface area contributed by atoms with Crippen LogP contribution in [0.1, 0.15) is 15.9 Å². The average molecular weight is 330 g/mol. The lowest BCUT2D eigenvalue weighted by Gasteiger charge is -2.21. The van der Waals surface area contributed by atoms with Gasteiger partial charge in [0.2, 0.25) is 0 Å². The van der Waals surface area contributed by atoms with Gasteiger partial charge in [-0.05, 0) is 48.4 Å². The second kappa shape index (κ2) is 6.32. The van der Waals surface area contributed by atoms with E-state index >= 15 is 0 Å². The molecule has 0 atom stereocenters. The molecule has 0 saturated carbocycles. The van der Waals surface area contributed by atoms with Crippen molar-refractivity contribution in [1.82, 2.24) is 0 Å². The van der Waals surface area contributed by atoms with Gasteiger partial charge in [-0.3, -0.25) is 0 Å². The quantitative estimate of drug-likeness (QED) is 0.720. The number of hydrogen-bond donors (Lipinski definition) is 2. The van der Waals surface area contributed by atoms with E-state index in [-0.39, 0.29) is 5.56 Å². The van der Waals surface area contributed by atoms with E-state index in [2.05, 4.69) is 28.4 Å². The SMILES string of the molecule is O=C(O)c1ccc(N2CCc3ccccc32)cc1Nc1ccccc1. The number of carboxylic acid groups (broad SMARTS) is 1. The van der Waals surface area contributed by atoms with E-state index in [0.29, 0.717) is 5.69 Å². The Morgan fingerprint density at radius 3 is 2.52 bits per heavy atom. The fourth-order valence-corrected chi connectivity index (χ4v) is 3.27. The topological polar surface area (TPSA) is 52.6 Å². The van der Waals surface area contributed by atoms with Gasteiger partial charge in [-0.25, -0.2) is 4.79 Å². The summed E-state index contributed by atoms with van der Waals surface area (Å²) in [6.07, 6.45) is 0.998. The molecule has 0 unspecified atom stereocenters. The number of carboxylic acids is 1. The first-order valence-corrected chi connectivity index (χ1v) is 8.27. The molecule has 4 nitrogen and oxygen atoms in total. The molecule has 124 valence electrons. The highest BCUT2D eigenvalue weighted by atomic mass is 16.4. The molecule has 0 aliphatic carbocycles. The Labute approximate surface area is 146 Å². The molecule has 1 aliphatic rings. The number of carbonyl (C=O) groups is 1. The summed E-state index contributed by atoms with van der Waals surface area (Å²) in [4.78, 5) is 13.8. The number of para-hydroxylation sites is 2. The van der Waals surface area contributed by atoms with Crippen molar-refractivity contribution in [3.8, 4) is 0 Å². The monoisotopic (exact) mass is 330 g/mol. The summed E-state index contributed by atoms with van der Waals surface area (Å²) in [7, 11) is 0. The molecule has 4 heteroatoms. The number of anilines is 4. The van der Waals surface area contributed by atoms with Crippen molar-refractivity contribution in [3.05, 3.63) is 83.9 Å².